The summed E-state index contributed by atoms with van der Waals surface area (Å²) < 4.78 is 27.8. The minimum atomic E-state index is -3.69. The first-order valence-corrected chi connectivity index (χ1v) is 9.48. The number of primary sulfonamides is 1. The van der Waals surface area contributed by atoms with Gasteiger partial charge in [-0.1, -0.05) is 12.1 Å². The molecule has 2 aromatic carbocycles. The van der Waals surface area contributed by atoms with Gasteiger partial charge in [-0.15, -0.1) is 0 Å². The topological polar surface area (TPSA) is 84.7 Å². The second-order valence-corrected chi connectivity index (χ2v) is 7.51. The summed E-state index contributed by atoms with van der Waals surface area (Å²) in [6.45, 7) is 1.98. The highest BCUT2D eigenvalue weighted by Gasteiger charge is 2.16. The van der Waals surface area contributed by atoms with Crippen LogP contribution in [0.1, 0.15) is 18.5 Å². The van der Waals surface area contributed by atoms with E-state index < -0.39 is 10.0 Å². The molecule has 2 aromatic rings. The predicted octanol–water partition coefficient (Wildman–Crippen LogP) is 2.73. The van der Waals surface area contributed by atoms with Crippen molar-refractivity contribution in [3.05, 3.63) is 54.1 Å². The van der Waals surface area contributed by atoms with E-state index in [1.54, 1.807) is 19.2 Å². The number of anilines is 1. The number of ether oxygens (including phenoxy) is 1. The van der Waals surface area contributed by atoms with E-state index >= 15 is 0 Å². The fraction of sp³-hybridized carbons (Fsp3) is 0.235. The molecule has 134 valence electrons. The molecule has 0 radical (unpaired) electrons. The Hall–Kier alpha value is -2.16. The molecule has 0 aromatic heterocycles. The van der Waals surface area contributed by atoms with Crippen molar-refractivity contribution in [1.29, 1.82) is 0 Å². The highest BCUT2D eigenvalue weighted by molar-refractivity contribution is 7.89. The Morgan fingerprint density at radius 3 is 2.20 bits per heavy atom. The summed E-state index contributed by atoms with van der Waals surface area (Å²) in [4.78, 5) is 1.98. The van der Waals surface area contributed by atoms with Crippen molar-refractivity contribution in [2.75, 3.05) is 19.5 Å². The lowest BCUT2D eigenvalue weighted by Gasteiger charge is -2.28. The van der Waals surface area contributed by atoms with E-state index in [-0.39, 0.29) is 10.9 Å². The van der Waals surface area contributed by atoms with Crippen LogP contribution in [0.3, 0.4) is 0 Å². The van der Waals surface area contributed by atoms with Gasteiger partial charge in [-0.3, -0.25) is 0 Å². The number of nitrogens with two attached hydrogens (primary N) is 1. The van der Waals surface area contributed by atoms with Crippen molar-refractivity contribution >= 4 is 33.0 Å². The molecule has 0 aliphatic carbocycles. The molecule has 0 aliphatic rings. The van der Waals surface area contributed by atoms with Crippen LogP contribution >= 0.6 is 12.2 Å². The summed E-state index contributed by atoms with van der Waals surface area (Å²) in [5.74, 6) is 0.771. The molecule has 8 heteroatoms. The Bertz CT molecular complexity index is 834. The van der Waals surface area contributed by atoms with Gasteiger partial charge in [0.25, 0.3) is 0 Å². The van der Waals surface area contributed by atoms with Crippen molar-refractivity contribution in [1.82, 2.24) is 4.90 Å². The Morgan fingerprint density at radius 1 is 1.16 bits per heavy atom. The number of thiocarbonyl (C=S) groups is 1. The second-order valence-electron chi connectivity index (χ2n) is 5.56. The molecule has 25 heavy (non-hydrogen) atoms. The van der Waals surface area contributed by atoms with Crippen molar-refractivity contribution in [3.63, 3.8) is 0 Å². The van der Waals surface area contributed by atoms with Gasteiger partial charge in [0.2, 0.25) is 10.0 Å². The van der Waals surface area contributed by atoms with Crippen LogP contribution in [-0.4, -0.2) is 32.6 Å². The first kappa shape index (κ1) is 19.2. The highest BCUT2D eigenvalue weighted by atomic mass is 32.2. The van der Waals surface area contributed by atoms with E-state index in [0.29, 0.717) is 5.11 Å². The Balaban J connectivity index is 2.07. The lowest BCUT2D eigenvalue weighted by atomic mass is 10.1. The van der Waals surface area contributed by atoms with Crippen LogP contribution in [0, 0.1) is 0 Å². The van der Waals surface area contributed by atoms with Crippen LogP contribution in [0.5, 0.6) is 5.75 Å². The first-order chi connectivity index (χ1) is 11.7. The second kappa shape index (κ2) is 7.81. The third-order valence-electron chi connectivity index (χ3n) is 3.93. The molecule has 6 nitrogen and oxygen atoms in total. The summed E-state index contributed by atoms with van der Waals surface area (Å²) in [5.41, 5.74) is 1.78. The molecule has 0 fully saturated rings. The van der Waals surface area contributed by atoms with E-state index in [4.69, 9.17) is 22.1 Å². The molecule has 1 atom stereocenters. The molecule has 0 aliphatic heterocycles. The number of nitrogens with one attached hydrogen (secondary N) is 1. The van der Waals surface area contributed by atoms with Crippen LogP contribution in [0.2, 0.25) is 0 Å². The van der Waals surface area contributed by atoms with Crippen LogP contribution < -0.4 is 15.2 Å². The first-order valence-electron chi connectivity index (χ1n) is 7.53. The molecule has 2 rings (SSSR count). The molecule has 0 amide bonds. The molecule has 0 heterocycles. The summed E-state index contributed by atoms with van der Waals surface area (Å²) >= 11 is 5.45. The zero-order valence-electron chi connectivity index (χ0n) is 14.3. The van der Waals surface area contributed by atoms with E-state index in [2.05, 4.69) is 5.32 Å². The zero-order valence-corrected chi connectivity index (χ0v) is 15.9. The van der Waals surface area contributed by atoms with Gasteiger partial charge in [0.15, 0.2) is 5.11 Å². The lowest BCUT2D eigenvalue weighted by molar-refractivity contribution is 0.408. The molecule has 0 saturated carbocycles. The fourth-order valence-electron chi connectivity index (χ4n) is 2.22. The van der Waals surface area contributed by atoms with Gasteiger partial charge in [0.1, 0.15) is 5.75 Å². The lowest BCUT2D eigenvalue weighted by Crippen LogP contribution is -2.33. The highest BCUT2D eigenvalue weighted by Crippen LogP contribution is 2.22. The van der Waals surface area contributed by atoms with Gasteiger partial charge in [-0.25, -0.2) is 13.6 Å². The van der Waals surface area contributed by atoms with Crippen LogP contribution in [0.15, 0.2) is 53.4 Å². The number of nitrogens with zero attached hydrogens (tertiary/aromatic N) is 1. The Morgan fingerprint density at radius 2 is 1.72 bits per heavy atom. The summed E-state index contributed by atoms with van der Waals surface area (Å²) in [6, 6.07) is 13.9. The van der Waals surface area contributed by atoms with E-state index in [0.717, 1.165) is 17.0 Å². The van der Waals surface area contributed by atoms with E-state index in [9.17, 15) is 8.42 Å². The average molecular weight is 380 g/mol. The van der Waals surface area contributed by atoms with E-state index in [1.165, 1.54) is 12.1 Å². The van der Waals surface area contributed by atoms with Gasteiger partial charge in [-0.2, -0.15) is 0 Å². The SMILES string of the molecule is COc1ccc(NC(=S)N(C)[C@H](C)c2ccc(S(N)(=O)=O)cc2)cc1. The largest absolute Gasteiger partial charge is 0.497 e. The smallest absolute Gasteiger partial charge is 0.238 e. The number of hydrogen-bond donors (Lipinski definition) is 2. The van der Waals surface area contributed by atoms with Gasteiger partial charge in [0, 0.05) is 12.7 Å². The number of methoxy groups -OCH3 is 1. The minimum Gasteiger partial charge on any atom is -0.497 e. The Kier molecular flexibility index (Phi) is 5.99. The fourth-order valence-corrected chi connectivity index (χ4v) is 3.01. The normalized spacial score (nSPS) is 12.3. The third kappa shape index (κ3) is 4.91. The maximum Gasteiger partial charge on any atom is 0.238 e. The monoisotopic (exact) mass is 379 g/mol. The Labute approximate surface area is 153 Å². The number of sulfonamides is 1. The molecular weight excluding hydrogens is 358 g/mol. The molecule has 0 saturated heterocycles. The van der Waals surface area contributed by atoms with Crippen molar-refractivity contribution in [2.45, 2.75) is 17.9 Å². The minimum absolute atomic E-state index is 0.0484. The van der Waals surface area contributed by atoms with Crippen LogP contribution in [0.25, 0.3) is 0 Å². The molecular formula is C17H21N3O3S2. The number of rotatable bonds is 5. The molecule has 0 spiro atoms. The quantitative estimate of drug-likeness (QED) is 0.777. The van der Waals surface area contributed by atoms with E-state index in [1.807, 2.05) is 43.1 Å². The van der Waals surface area contributed by atoms with Crippen molar-refractivity contribution < 1.29 is 13.2 Å². The van der Waals surface area contributed by atoms with Gasteiger partial charge >= 0.3 is 0 Å². The average Bonchev–Trinajstić information content (AvgIpc) is 2.60. The predicted molar refractivity (Wildman–Crippen MR) is 103 cm³/mol. The number of benzene rings is 2. The van der Waals surface area contributed by atoms with Crippen molar-refractivity contribution in [2.24, 2.45) is 5.14 Å². The standard InChI is InChI=1S/C17H21N3O3S2/c1-12(13-4-10-16(11-5-13)25(18,21)22)20(2)17(24)19-14-6-8-15(23-3)9-7-14/h4-12H,1-3H3,(H,19,24)(H2,18,21,22)/t12-/m1/s1. The molecule has 3 N–H and O–H groups in total. The van der Waals surface area contributed by atoms with Crippen LogP contribution in [-0.2, 0) is 10.0 Å². The molecule has 0 bridgehead atoms. The maximum absolute atomic E-state index is 11.3. The van der Waals surface area contributed by atoms with Crippen LogP contribution in [0.4, 0.5) is 5.69 Å². The maximum atomic E-state index is 11.3. The zero-order chi connectivity index (χ0) is 18.6. The summed E-state index contributed by atoms with van der Waals surface area (Å²) in [7, 11) is -0.203. The van der Waals surface area contributed by atoms with Gasteiger partial charge in [0.05, 0.1) is 18.0 Å². The van der Waals surface area contributed by atoms with Gasteiger partial charge < -0.3 is 15.0 Å². The molecule has 0 unspecified atom stereocenters. The van der Waals surface area contributed by atoms with Gasteiger partial charge in [-0.05, 0) is 61.1 Å². The van der Waals surface area contributed by atoms with Crippen molar-refractivity contribution in [3.8, 4) is 5.75 Å². The summed E-state index contributed by atoms with van der Waals surface area (Å²) in [6.07, 6.45) is 0. The third-order valence-corrected chi connectivity index (χ3v) is 5.25. The number of hydrogen-bond acceptors (Lipinski definition) is 4. The summed E-state index contributed by atoms with van der Waals surface area (Å²) in [5, 5.41) is 8.83.